The molecule has 1 fully saturated rings. The fourth-order valence-electron chi connectivity index (χ4n) is 2.99. The van der Waals surface area contributed by atoms with Crippen molar-refractivity contribution in [3.8, 4) is 0 Å². The molecular weight excluding hydrogens is 220 g/mol. The smallest absolute Gasteiger partial charge is 0.0442 e. The number of benzene rings is 1. The van der Waals surface area contributed by atoms with Gasteiger partial charge in [-0.25, -0.2) is 0 Å². The van der Waals surface area contributed by atoms with E-state index in [4.69, 9.17) is 0 Å². The van der Waals surface area contributed by atoms with Crippen LogP contribution in [0.4, 0.5) is 5.69 Å². The van der Waals surface area contributed by atoms with Crippen LogP contribution in [0.1, 0.15) is 24.8 Å². The Bertz CT molecular complexity index is 444. The molecule has 3 rings (SSSR count). The molecule has 0 N–H and O–H groups in total. The molecule has 96 valence electrons. The first-order valence-electron chi connectivity index (χ1n) is 7.06. The average Bonchev–Trinajstić information content (AvgIpc) is 2.93. The van der Waals surface area contributed by atoms with E-state index in [1.54, 1.807) is 0 Å². The van der Waals surface area contributed by atoms with Gasteiger partial charge in [0, 0.05) is 37.4 Å². The molecule has 0 unspecified atom stereocenters. The lowest BCUT2D eigenvalue weighted by Crippen LogP contribution is -2.24. The van der Waals surface area contributed by atoms with Crippen LogP contribution in [0.25, 0.3) is 5.57 Å². The Morgan fingerprint density at radius 1 is 1.00 bits per heavy atom. The second-order valence-electron chi connectivity index (χ2n) is 5.45. The molecule has 0 atom stereocenters. The third-order valence-corrected chi connectivity index (χ3v) is 4.11. The van der Waals surface area contributed by atoms with Crippen LogP contribution in [0, 0.1) is 0 Å². The minimum absolute atomic E-state index is 1.09. The van der Waals surface area contributed by atoms with Gasteiger partial charge >= 0.3 is 0 Å². The number of anilines is 1. The van der Waals surface area contributed by atoms with Crippen LogP contribution in [0.5, 0.6) is 0 Å². The largest absolute Gasteiger partial charge is 0.371 e. The fourth-order valence-corrected chi connectivity index (χ4v) is 2.99. The molecule has 2 aliphatic rings. The highest BCUT2D eigenvalue weighted by molar-refractivity contribution is 5.77. The third-order valence-electron chi connectivity index (χ3n) is 4.11. The Hall–Kier alpha value is -1.28. The number of hydrogen-bond acceptors (Lipinski definition) is 2. The lowest BCUT2D eigenvalue weighted by atomic mass is 9.97. The molecule has 1 saturated heterocycles. The Labute approximate surface area is 110 Å². The third kappa shape index (κ3) is 2.30. The van der Waals surface area contributed by atoms with E-state index in [0.717, 1.165) is 6.54 Å². The summed E-state index contributed by atoms with van der Waals surface area (Å²) in [6, 6.07) is 8.94. The number of nitrogens with zero attached hydrogens (tertiary/aromatic N) is 2. The maximum atomic E-state index is 2.55. The predicted octanol–water partition coefficient (Wildman–Crippen LogP) is 3.01. The normalized spacial score (nSPS) is 21.2. The molecule has 2 aliphatic heterocycles. The molecule has 18 heavy (non-hydrogen) atoms. The van der Waals surface area contributed by atoms with Crippen LogP contribution in [-0.4, -0.2) is 38.1 Å². The van der Waals surface area contributed by atoms with Crippen molar-refractivity contribution in [2.24, 2.45) is 0 Å². The summed E-state index contributed by atoms with van der Waals surface area (Å²) in [5.74, 6) is 0. The molecule has 2 heteroatoms. The van der Waals surface area contributed by atoms with Crippen LogP contribution < -0.4 is 4.90 Å². The predicted molar refractivity (Wildman–Crippen MR) is 78.0 cm³/mol. The summed E-state index contributed by atoms with van der Waals surface area (Å²) < 4.78 is 0. The summed E-state index contributed by atoms with van der Waals surface area (Å²) in [7, 11) is 2.19. The minimum atomic E-state index is 1.09. The van der Waals surface area contributed by atoms with Gasteiger partial charge in [-0.3, -0.25) is 0 Å². The van der Waals surface area contributed by atoms with Gasteiger partial charge in [-0.2, -0.15) is 0 Å². The molecule has 0 spiro atoms. The van der Waals surface area contributed by atoms with Crippen LogP contribution in [0.3, 0.4) is 0 Å². The van der Waals surface area contributed by atoms with E-state index in [1.165, 1.54) is 55.7 Å². The van der Waals surface area contributed by atoms with Crippen LogP contribution in [-0.2, 0) is 0 Å². The lowest BCUT2D eigenvalue weighted by Gasteiger charge is -2.26. The van der Waals surface area contributed by atoms with Crippen LogP contribution in [0.2, 0.25) is 0 Å². The molecule has 0 radical (unpaired) electrons. The first-order valence-corrected chi connectivity index (χ1v) is 7.06. The van der Waals surface area contributed by atoms with Crippen molar-refractivity contribution in [1.82, 2.24) is 4.90 Å². The van der Waals surface area contributed by atoms with Crippen molar-refractivity contribution in [3.63, 3.8) is 0 Å². The highest BCUT2D eigenvalue weighted by atomic mass is 15.1. The second kappa shape index (κ2) is 5.15. The molecule has 0 aromatic heterocycles. The van der Waals surface area contributed by atoms with E-state index >= 15 is 0 Å². The standard InChI is InChI=1S/C16H22N2/c1-17-12-8-14(9-13-17)15-6-2-3-7-16(15)18-10-4-5-11-18/h2-3,6-8H,4-5,9-13H2,1H3. The summed E-state index contributed by atoms with van der Waals surface area (Å²) >= 11 is 0. The fraction of sp³-hybridized carbons (Fsp3) is 0.500. The van der Waals surface area contributed by atoms with Crippen molar-refractivity contribution in [1.29, 1.82) is 0 Å². The Balaban J connectivity index is 1.91. The summed E-state index contributed by atoms with van der Waals surface area (Å²) in [6.45, 7) is 4.72. The van der Waals surface area contributed by atoms with Gasteiger partial charge in [0.1, 0.15) is 0 Å². The topological polar surface area (TPSA) is 6.48 Å². The van der Waals surface area contributed by atoms with Crippen molar-refractivity contribution >= 4 is 11.3 Å². The SMILES string of the molecule is CN1CC=C(c2ccccc2N2CCCC2)CC1. The van der Waals surface area contributed by atoms with Crippen molar-refractivity contribution in [3.05, 3.63) is 35.9 Å². The Morgan fingerprint density at radius 2 is 1.78 bits per heavy atom. The van der Waals surface area contributed by atoms with E-state index < -0.39 is 0 Å². The highest BCUT2D eigenvalue weighted by Crippen LogP contribution is 2.32. The Kier molecular flexibility index (Phi) is 3.37. The molecule has 0 amide bonds. The summed E-state index contributed by atoms with van der Waals surface area (Å²) in [5, 5.41) is 0. The van der Waals surface area contributed by atoms with Gasteiger partial charge in [0.2, 0.25) is 0 Å². The lowest BCUT2D eigenvalue weighted by molar-refractivity contribution is 0.370. The molecule has 2 heterocycles. The first kappa shape index (κ1) is 11.8. The maximum Gasteiger partial charge on any atom is 0.0442 e. The second-order valence-corrected chi connectivity index (χ2v) is 5.45. The average molecular weight is 242 g/mol. The van der Waals surface area contributed by atoms with E-state index in [1.807, 2.05) is 0 Å². The number of hydrogen-bond donors (Lipinski definition) is 0. The van der Waals surface area contributed by atoms with E-state index in [9.17, 15) is 0 Å². The maximum absolute atomic E-state index is 2.55. The molecule has 0 saturated carbocycles. The first-order chi connectivity index (χ1) is 8.84. The summed E-state index contributed by atoms with van der Waals surface area (Å²) in [6.07, 6.45) is 6.27. The van der Waals surface area contributed by atoms with Gasteiger partial charge < -0.3 is 9.80 Å². The van der Waals surface area contributed by atoms with Gasteiger partial charge in [-0.1, -0.05) is 24.3 Å². The van der Waals surface area contributed by atoms with Crippen LogP contribution in [0.15, 0.2) is 30.3 Å². The molecule has 0 aliphatic carbocycles. The number of para-hydroxylation sites is 1. The van der Waals surface area contributed by atoms with E-state index in [0.29, 0.717) is 0 Å². The Morgan fingerprint density at radius 3 is 2.50 bits per heavy atom. The number of rotatable bonds is 2. The van der Waals surface area contributed by atoms with Gasteiger partial charge in [-0.05, 0) is 37.9 Å². The summed E-state index contributed by atoms with van der Waals surface area (Å²) in [4.78, 5) is 4.93. The van der Waals surface area contributed by atoms with Gasteiger partial charge in [0.05, 0.1) is 0 Å². The van der Waals surface area contributed by atoms with Crippen molar-refractivity contribution in [2.45, 2.75) is 19.3 Å². The zero-order valence-electron chi connectivity index (χ0n) is 11.2. The zero-order valence-corrected chi connectivity index (χ0v) is 11.2. The molecule has 2 nitrogen and oxygen atoms in total. The molecular formula is C16H22N2. The van der Waals surface area contributed by atoms with Crippen molar-refractivity contribution in [2.75, 3.05) is 38.1 Å². The van der Waals surface area contributed by atoms with Gasteiger partial charge in [-0.15, -0.1) is 0 Å². The minimum Gasteiger partial charge on any atom is -0.371 e. The van der Waals surface area contributed by atoms with Gasteiger partial charge in [0.15, 0.2) is 0 Å². The quantitative estimate of drug-likeness (QED) is 0.786. The molecule has 1 aromatic rings. The summed E-state index contributed by atoms with van der Waals surface area (Å²) in [5.41, 5.74) is 4.45. The highest BCUT2D eigenvalue weighted by Gasteiger charge is 2.18. The number of likely N-dealkylation sites (N-methyl/N-ethyl adjacent to an activating group) is 1. The van der Waals surface area contributed by atoms with Crippen molar-refractivity contribution < 1.29 is 0 Å². The van der Waals surface area contributed by atoms with Crippen LogP contribution >= 0.6 is 0 Å². The monoisotopic (exact) mass is 242 g/mol. The molecule has 1 aromatic carbocycles. The van der Waals surface area contributed by atoms with E-state index in [-0.39, 0.29) is 0 Å². The van der Waals surface area contributed by atoms with E-state index in [2.05, 4.69) is 47.2 Å². The molecule has 0 bridgehead atoms. The van der Waals surface area contributed by atoms with Gasteiger partial charge in [0.25, 0.3) is 0 Å². The zero-order chi connectivity index (χ0) is 12.4.